The summed E-state index contributed by atoms with van der Waals surface area (Å²) < 4.78 is 5.39. The summed E-state index contributed by atoms with van der Waals surface area (Å²) in [6, 6.07) is 14.6. The van der Waals surface area contributed by atoms with E-state index in [1.54, 1.807) is 24.3 Å². The Morgan fingerprint density at radius 1 is 0.885 bits per heavy atom. The molecule has 0 bridgehead atoms. The van der Waals surface area contributed by atoms with Crippen LogP contribution < -0.4 is 15.4 Å². The molecule has 0 heterocycles. The zero-order chi connectivity index (χ0) is 18.9. The Morgan fingerprint density at radius 3 is 1.92 bits per heavy atom. The first-order valence-electron chi connectivity index (χ1n) is 8.87. The van der Waals surface area contributed by atoms with Crippen molar-refractivity contribution in [1.82, 2.24) is 0 Å². The van der Waals surface area contributed by atoms with Gasteiger partial charge in [0.2, 0.25) is 11.8 Å². The molecule has 0 aliphatic carbocycles. The molecule has 5 heteroatoms. The van der Waals surface area contributed by atoms with Gasteiger partial charge in [0.25, 0.3) is 0 Å². The van der Waals surface area contributed by atoms with E-state index in [-0.39, 0.29) is 11.8 Å². The molecule has 2 aromatic rings. The highest BCUT2D eigenvalue weighted by Gasteiger charge is 2.07. The van der Waals surface area contributed by atoms with Crippen LogP contribution in [-0.2, 0) is 16.0 Å². The van der Waals surface area contributed by atoms with Crippen LogP contribution in [0, 0.1) is 5.92 Å². The van der Waals surface area contributed by atoms with Gasteiger partial charge < -0.3 is 15.4 Å². The van der Waals surface area contributed by atoms with E-state index in [9.17, 15) is 9.59 Å². The second kappa shape index (κ2) is 9.61. The quantitative estimate of drug-likeness (QED) is 0.745. The van der Waals surface area contributed by atoms with E-state index in [0.29, 0.717) is 31.1 Å². The summed E-state index contributed by atoms with van der Waals surface area (Å²) in [7, 11) is 0. The Balaban J connectivity index is 1.85. The number of hydrogen-bond acceptors (Lipinski definition) is 3. The predicted octanol–water partition coefficient (Wildman–Crippen LogP) is 4.25. The summed E-state index contributed by atoms with van der Waals surface area (Å²) in [6.45, 7) is 6.56. The second-order valence-corrected chi connectivity index (χ2v) is 6.53. The molecule has 2 amide bonds. The number of rotatable bonds is 8. The van der Waals surface area contributed by atoms with Crippen LogP contribution in [-0.4, -0.2) is 18.4 Å². The van der Waals surface area contributed by atoms with Gasteiger partial charge in [-0.15, -0.1) is 0 Å². The van der Waals surface area contributed by atoms with E-state index < -0.39 is 0 Å². The van der Waals surface area contributed by atoms with Crippen molar-refractivity contribution in [2.45, 2.75) is 33.6 Å². The molecule has 0 saturated heterocycles. The van der Waals surface area contributed by atoms with E-state index in [1.807, 2.05) is 45.0 Å². The van der Waals surface area contributed by atoms with Gasteiger partial charge in [-0.3, -0.25) is 9.59 Å². The number of anilines is 2. The highest BCUT2D eigenvalue weighted by molar-refractivity contribution is 5.93. The first-order valence-corrected chi connectivity index (χ1v) is 8.87. The Morgan fingerprint density at radius 2 is 1.42 bits per heavy atom. The lowest BCUT2D eigenvalue weighted by Crippen LogP contribution is -2.15. The fraction of sp³-hybridized carbons (Fsp3) is 0.333. The molecule has 0 radical (unpaired) electrons. The summed E-state index contributed by atoms with van der Waals surface area (Å²) >= 11 is 0. The lowest BCUT2D eigenvalue weighted by atomic mass is 10.1. The van der Waals surface area contributed by atoms with Gasteiger partial charge in [0.1, 0.15) is 5.75 Å². The smallest absolute Gasteiger partial charge is 0.228 e. The zero-order valence-electron chi connectivity index (χ0n) is 15.5. The molecule has 0 fully saturated rings. The third-order valence-corrected chi connectivity index (χ3v) is 3.65. The monoisotopic (exact) mass is 354 g/mol. The Hall–Kier alpha value is -2.82. The first kappa shape index (κ1) is 19.5. The van der Waals surface area contributed by atoms with Gasteiger partial charge >= 0.3 is 0 Å². The molecule has 0 atom stereocenters. The SMILES string of the molecule is CCOc1ccc(CC(=O)Nc2ccc(NC(=O)CC(C)C)cc2)cc1. The first-order chi connectivity index (χ1) is 12.5. The predicted molar refractivity (Wildman–Crippen MR) is 104 cm³/mol. The van der Waals surface area contributed by atoms with Crippen molar-refractivity contribution >= 4 is 23.2 Å². The number of ether oxygens (including phenoxy) is 1. The number of amides is 2. The molecule has 0 aliphatic rings. The summed E-state index contributed by atoms with van der Waals surface area (Å²) in [5.41, 5.74) is 2.34. The van der Waals surface area contributed by atoms with Crippen molar-refractivity contribution in [3.8, 4) is 5.75 Å². The molecule has 2 aromatic carbocycles. The molecular weight excluding hydrogens is 328 g/mol. The number of benzene rings is 2. The summed E-state index contributed by atoms with van der Waals surface area (Å²) in [5, 5.41) is 5.71. The fourth-order valence-corrected chi connectivity index (χ4v) is 2.48. The maximum atomic E-state index is 12.2. The minimum absolute atomic E-state index is 0.00714. The van der Waals surface area contributed by atoms with Gasteiger partial charge in [-0.05, 0) is 54.8 Å². The highest BCUT2D eigenvalue weighted by atomic mass is 16.5. The maximum Gasteiger partial charge on any atom is 0.228 e. The van der Waals surface area contributed by atoms with Crippen LogP contribution in [0.5, 0.6) is 5.75 Å². The fourth-order valence-electron chi connectivity index (χ4n) is 2.48. The number of hydrogen-bond donors (Lipinski definition) is 2. The molecule has 0 aromatic heterocycles. The Labute approximate surface area is 154 Å². The molecule has 138 valence electrons. The number of nitrogens with one attached hydrogen (secondary N) is 2. The van der Waals surface area contributed by atoms with Crippen LogP contribution in [0.4, 0.5) is 11.4 Å². The van der Waals surface area contributed by atoms with Crippen LogP contribution in [0.1, 0.15) is 32.8 Å². The third kappa shape index (κ3) is 6.59. The van der Waals surface area contributed by atoms with E-state index in [4.69, 9.17) is 4.74 Å². The molecule has 0 aliphatic heterocycles. The Kier molecular flexibility index (Phi) is 7.21. The van der Waals surface area contributed by atoms with Gasteiger partial charge in [0.15, 0.2) is 0 Å². The van der Waals surface area contributed by atoms with Crippen molar-refractivity contribution in [3.05, 3.63) is 54.1 Å². The molecule has 0 saturated carbocycles. The van der Waals surface area contributed by atoms with E-state index >= 15 is 0 Å². The zero-order valence-corrected chi connectivity index (χ0v) is 15.5. The molecular formula is C21H26N2O3. The summed E-state index contributed by atoms with van der Waals surface area (Å²) in [4.78, 5) is 23.9. The molecule has 5 nitrogen and oxygen atoms in total. The lowest BCUT2D eigenvalue weighted by molar-refractivity contribution is -0.117. The summed E-state index contributed by atoms with van der Waals surface area (Å²) in [5.74, 6) is 1.01. The minimum atomic E-state index is -0.0919. The van der Waals surface area contributed by atoms with Crippen LogP contribution in [0.15, 0.2) is 48.5 Å². The highest BCUT2D eigenvalue weighted by Crippen LogP contribution is 2.16. The van der Waals surface area contributed by atoms with Crippen LogP contribution in [0.3, 0.4) is 0 Å². The van der Waals surface area contributed by atoms with Crippen molar-refractivity contribution in [3.63, 3.8) is 0 Å². The molecule has 0 unspecified atom stereocenters. The molecule has 2 N–H and O–H groups in total. The van der Waals surface area contributed by atoms with E-state index in [1.165, 1.54) is 0 Å². The second-order valence-electron chi connectivity index (χ2n) is 6.53. The van der Waals surface area contributed by atoms with Gasteiger partial charge in [0.05, 0.1) is 13.0 Å². The van der Waals surface area contributed by atoms with Crippen LogP contribution in [0.25, 0.3) is 0 Å². The number of carbonyl (C=O) groups excluding carboxylic acids is 2. The van der Waals surface area contributed by atoms with Gasteiger partial charge in [-0.25, -0.2) is 0 Å². The van der Waals surface area contributed by atoms with E-state index in [0.717, 1.165) is 17.0 Å². The topological polar surface area (TPSA) is 67.4 Å². The van der Waals surface area contributed by atoms with Crippen molar-refractivity contribution in [2.24, 2.45) is 5.92 Å². The average molecular weight is 354 g/mol. The molecule has 26 heavy (non-hydrogen) atoms. The Bertz CT molecular complexity index is 722. The largest absolute Gasteiger partial charge is 0.494 e. The van der Waals surface area contributed by atoms with E-state index in [2.05, 4.69) is 10.6 Å². The van der Waals surface area contributed by atoms with Gasteiger partial charge in [-0.1, -0.05) is 26.0 Å². The van der Waals surface area contributed by atoms with Gasteiger partial charge in [-0.2, -0.15) is 0 Å². The normalized spacial score (nSPS) is 10.5. The average Bonchev–Trinajstić information content (AvgIpc) is 2.58. The third-order valence-electron chi connectivity index (χ3n) is 3.65. The molecule has 0 spiro atoms. The van der Waals surface area contributed by atoms with Crippen molar-refractivity contribution in [2.75, 3.05) is 17.2 Å². The molecule has 2 rings (SSSR count). The summed E-state index contributed by atoms with van der Waals surface area (Å²) in [6.07, 6.45) is 0.778. The van der Waals surface area contributed by atoms with Gasteiger partial charge in [0, 0.05) is 17.8 Å². The van der Waals surface area contributed by atoms with Crippen molar-refractivity contribution in [1.29, 1.82) is 0 Å². The maximum absolute atomic E-state index is 12.2. The lowest BCUT2D eigenvalue weighted by Gasteiger charge is -2.09. The van der Waals surface area contributed by atoms with Crippen LogP contribution >= 0.6 is 0 Å². The van der Waals surface area contributed by atoms with Crippen LogP contribution in [0.2, 0.25) is 0 Å². The minimum Gasteiger partial charge on any atom is -0.494 e. The standard InChI is InChI=1S/C21H26N2O3/c1-4-26-19-11-5-16(6-12-19)14-21(25)23-18-9-7-17(8-10-18)22-20(24)13-15(2)3/h5-12,15H,4,13-14H2,1-3H3,(H,22,24)(H,23,25). The van der Waals surface area contributed by atoms with Crippen molar-refractivity contribution < 1.29 is 14.3 Å². The number of carbonyl (C=O) groups is 2.